The summed E-state index contributed by atoms with van der Waals surface area (Å²) in [5.41, 5.74) is 0. The fourth-order valence-corrected chi connectivity index (χ4v) is 2.06. The zero-order chi connectivity index (χ0) is 11.6. The highest BCUT2D eigenvalue weighted by Crippen LogP contribution is 2.18. The van der Waals surface area contributed by atoms with Crippen molar-refractivity contribution in [1.29, 1.82) is 0 Å². The number of methoxy groups -OCH3 is 1. The molecule has 4 nitrogen and oxygen atoms in total. The lowest BCUT2D eigenvalue weighted by Crippen LogP contribution is -2.42. The Labute approximate surface area is 98.3 Å². The number of nitrogens with one attached hydrogen (secondary N) is 1. The van der Waals surface area contributed by atoms with Gasteiger partial charge in [0.15, 0.2) is 0 Å². The first-order chi connectivity index (χ1) is 7.84. The van der Waals surface area contributed by atoms with Gasteiger partial charge >= 0.3 is 0 Å². The van der Waals surface area contributed by atoms with E-state index >= 15 is 0 Å². The molecule has 2 N–H and O–H groups in total. The summed E-state index contributed by atoms with van der Waals surface area (Å²) in [5.74, 6) is 0. The number of rotatable bonds is 8. The Hall–Kier alpha value is -0.160. The lowest BCUT2D eigenvalue weighted by atomic mass is 9.92. The Bertz CT molecular complexity index is 166. The van der Waals surface area contributed by atoms with Gasteiger partial charge in [-0.3, -0.25) is 0 Å². The van der Waals surface area contributed by atoms with E-state index in [0.29, 0.717) is 19.3 Å². The van der Waals surface area contributed by atoms with E-state index < -0.39 is 0 Å². The average molecular weight is 231 g/mol. The van der Waals surface area contributed by atoms with E-state index in [4.69, 9.17) is 9.47 Å². The zero-order valence-corrected chi connectivity index (χ0v) is 10.3. The molecule has 0 saturated heterocycles. The van der Waals surface area contributed by atoms with Crippen molar-refractivity contribution in [3.05, 3.63) is 0 Å². The summed E-state index contributed by atoms with van der Waals surface area (Å²) in [6.45, 7) is 3.02. The molecular weight excluding hydrogens is 206 g/mol. The van der Waals surface area contributed by atoms with Crippen molar-refractivity contribution in [2.45, 2.75) is 44.2 Å². The van der Waals surface area contributed by atoms with Crippen molar-refractivity contribution in [3.8, 4) is 0 Å². The van der Waals surface area contributed by atoms with Crippen LogP contribution in [0.1, 0.15) is 32.1 Å². The van der Waals surface area contributed by atoms with Gasteiger partial charge in [0.25, 0.3) is 0 Å². The lowest BCUT2D eigenvalue weighted by molar-refractivity contribution is 0.0653. The van der Waals surface area contributed by atoms with Gasteiger partial charge < -0.3 is 19.9 Å². The van der Waals surface area contributed by atoms with Gasteiger partial charge in [-0.05, 0) is 25.8 Å². The quantitative estimate of drug-likeness (QED) is 0.610. The van der Waals surface area contributed by atoms with E-state index in [9.17, 15) is 5.11 Å². The highest BCUT2D eigenvalue weighted by Gasteiger charge is 2.21. The number of aliphatic hydroxyl groups excluding tert-OH is 1. The van der Waals surface area contributed by atoms with Crippen molar-refractivity contribution in [1.82, 2.24) is 5.32 Å². The molecule has 1 rings (SSSR count). The van der Waals surface area contributed by atoms with Gasteiger partial charge in [0.2, 0.25) is 0 Å². The summed E-state index contributed by atoms with van der Waals surface area (Å²) in [6, 6.07) is 0.299. The van der Waals surface area contributed by atoms with Gasteiger partial charge in [-0.15, -0.1) is 0 Å². The molecule has 0 unspecified atom stereocenters. The molecule has 16 heavy (non-hydrogen) atoms. The van der Waals surface area contributed by atoms with Crippen molar-refractivity contribution in [3.63, 3.8) is 0 Å². The van der Waals surface area contributed by atoms with Crippen LogP contribution in [0, 0.1) is 0 Å². The molecule has 0 aliphatic heterocycles. The Kier molecular flexibility index (Phi) is 7.76. The summed E-state index contributed by atoms with van der Waals surface area (Å²) < 4.78 is 10.2. The third kappa shape index (κ3) is 5.80. The third-order valence-electron chi connectivity index (χ3n) is 3.03. The second-order valence-corrected chi connectivity index (χ2v) is 4.37. The molecule has 96 valence electrons. The molecule has 0 spiro atoms. The highest BCUT2D eigenvalue weighted by atomic mass is 16.5. The first-order valence-electron chi connectivity index (χ1n) is 6.32. The van der Waals surface area contributed by atoms with Crippen LogP contribution < -0.4 is 5.32 Å². The molecule has 1 saturated carbocycles. The van der Waals surface area contributed by atoms with Crippen LogP contribution in [0.4, 0.5) is 0 Å². The number of aliphatic hydroxyl groups is 1. The molecule has 4 heteroatoms. The molecule has 0 bridgehead atoms. The maximum absolute atomic E-state index is 9.73. The largest absolute Gasteiger partial charge is 0.392 e. The summed E-state index contributed by atoms with van der Waals surface area (Å²) in [4.78, 5) is 0. The molecule has 0 aromatic carbocycles. The first kappa shape index (κ1) is 13.9. The highest BCUT2D eigenvalue weighted by molar-refractivity contribution is 4.79. The molecule has 1 fully saturated rings. The van der Waals surface area contributed by atoms with Crippen LogP contribution in [-0.4, -0.2) is 50.7 Å². The van der Waals surface area contributed by atoms with E-state index in [1.54, 1.807) is 7.11 Å². The molecular formula is C12H25NO3. The van der Waals surface area contributed by atoms with Crippen LogP contribution in [0.2, 0.25) is 0 Å². The van der Waals surface area contributed by atoms with Crippen molar-refractivity contribution >= 4 is 0 Å². The third-order valence-corrected chi connectivity index (χ3v) is 3.03. The fourth-order valence-electron chi connectivity index (χ4n) is 2.06. The van der Waals surface area contributed by atoms with Gasteiger partial charge in [-0.1, -0.05) is 12.8 Å². The maximum Gasteiger partial charge on any atom is 0.0700 e. The standard InChI is InChI=1S/C12H25NO3/c1-15-9-10-16-8-4-7-13-11-5-2-3-6-12(11)14/h11-14H,2-10H2,1H3/t11-,12-/m1/s1. The first-order valence-corrected chi connectivity index (χ1v) is 6.32. The van der Waals surface area contributed by atoms with Crippen LogP contribution in [0.25, 0.3) is 0 Å². The van der Waals surface area contributed by atoms with Crippen molar-refractivity contribution < 1.29 is 14.6 Å². The summed E-state index contributed by atoms with van der Waals surface area (Å²) >= 11 is 0. The van der Waals surface area contributed by atoms with E-state index in [0.717, 1.165) is 32.4 Å². The molecule has 1 aliphatic carbocycles. The smallest absolute Gasteiger partial charge is 0.0700 e. The van der Waals surface area contributed by atoms with Gasteiger partial charge in [-0.2, -0.15) is 0 Å². The lowest BCUT2D eigenvalue weighted by Gasteiger charge is -2.28. The SMILES string of the molecule is COCCOCCCN[C@@H]1CCCC[C@H]1O. The molecule has 1 aliphatic rings. The minimum Gasteiger partial charge on any atom is -0.392 e. The average Bonchev–Trinajstić information content (AvgIpc) is 2.30. The predicted molar refractivity (Wildman–Crippen MR) is 63.6 cm³/mol. The van der Waals surface area contributed by atoms with Gasteiger partial charge in [-0.25, -0.2) is 0 Å². The molecule has 0 heterocycles. The van der Waals surface area contributed by atoms with E-state index in [2.05, 4.69) is 5.32 Å². The fraction of sp³-hybridized carbons (Fsp3) is 1.00. The minimum atomic E-state index is -0.150. The zero-order valence-electron chi connectivity index (χ0n) is 10.3. The van der Waals surface area contributed by atoms with Crippen LogP contribution in [0.15, 0.2) is 0 Å². The Morgan fingerprint density at radius 2 is 2.00 bits per heavy atom. The topological polar surface area (TPSA) is 50.7 Å². The van der Waals surface area contributed by atoms with Crippen LogP contribution in [-0.2, 0) is 9.47 Å². The Morgan fingerprint density at radius 3 is 2.75 bits per heavy atom. The molecule has 2 atom stereocenters. The van der Waals surface area contributed by atoms with Crippen LogP contribution >= 0.6 is 0 Å². The summed E-state index contributed by atoms with van der Waals surface area (Å²) in [7, 11) is 1.68. The van der Waals surface area contributed by atoms with Gasteiger partial charge in [0.05, 0.1) is 19.3 Å². The second kappa shape index (κ2) is 8.93. The van der Waals surface area contributed by atoms with Crippen LogP contribution in [0.3, 0.4) is 0 Å². The Balaban J connectivity index is 1.90. The van der Waals surface area contributed by atoms with Gasteiger partial charge in [0.1, 0.15) is 0 Å². The van der Waals surface area contributed by atoms with E-state index in [1.165, 1.54) is 12.8 Å². The van der Waals surface area contributed by atoms with Crippen molar-refractivity contribution in [2.24, 2.45) is 0 Å². The number of hydrogen-bond donors (Lipinski definition) is 2. The predicted octanol–water partition coefficient (Wildman–Crippen LogP) is 0.933. The van der Waals surface area contributed by atoms with E-state index in [1.807, 2.05) is 0 Å². The second-order valence-electron chi connectivity index (χ2n) is 4.37. The Morgan fingerprint density at radius 1 is 1.19 bits per heavy atom. The monoisotopic (exact) mass is 231 g/mol. The molecule has 0 radical (unpaired) electrons. The maximum atomic E-state index is 9.73. The number of ether oxygens (including phenoxy) is 2. The number of hydrogen-bond acceptors (Lipinski definition) is 4. The summed E-state index contributed by atoms with van der Waals surface area (Å²) in [6.07, 6.45) is 5.29. The molecule has 0 aromatic heterocycles. The van der Waals surface area contributed by atoms with Crippen LogP contribution in [0.5, 0.6) is 0 Å². The normalized spacial score (nSPS) is 25.9. The van der Waals surface area contributed by atoms with E-state index in [-0.39, 0.29) is 6.10 Å². The van der Waals surface area contributed by atoms with Gasteiger partial charge in [0, 0.05) is 19.8 Å². The van der Waals surface area contributed by atoms with Crippen molar-refractivity contribution in [2.75, 3.05) is 33.5 Å². The molecule has 0 aromatic rings. The minimum absolute atomic E-state index is 0.150. The molecule has 0 amide bonds. The summed E-state index contributed by atoms with van der Waals surface area (Å²) in [5, 5.41) is 13.1.